The number of quaternary nitrogens is 1. The molecule has 0 radical (unpaired) electrons. The standard InChI is InChI=1S/C22H27ClN2O3/c1-4-27-20-10-16-9-14(2)28-21(16)11-17(20)12-25-22(26)13-24-15(3)18-7-5-6-8-19(18)23/h5-8,10-11,14-15,24H,4,9,12-13H2,1-3H3,(H,25,26)/p+1/t14-,15-/m1/s1. The van der Waals surface area contributed by atoms with Crippen LogP contribution in [-0.4, -0.2) is 25.2 Å². The molecule has 6 heteroatoms. The molecule has 0 saturated heterocycles. The molecular weight excluding hydrogens is 376 g/mol. The normalized spacial score (nSPS) is 16.2. The van der Waals surface area contributed by atoms with Gasteiger partial charge in [-0.3, -0.25) is 4.79 Å². The largest absolute Gasteiger partial charge is 0.494 e. The number of hydrogen-bond acceptors (Lipinski definition) is 3. The number of rotatable bonds is 8. The smallest absolute Gasteiger partial charge is 0.275 e. The Labute approximate surface area is 171 Å². The van der Waals surface area contributed by atoms with Gasteiger partial charge in [0.25, 0.3) is 5.91 Å². The molecule has 28 heavy (non-hydrogen) atoms. The molecule has 3 rings (SSSR count). The molecule has 1 amide bonds. The van der Waals surface area contributed by atoms with E-state index in [0.717, 1.165) is 39.6 Å². The lowest BCUT2D eigenvalue weighted by atomic mass is 10.1. The molecule has 1 heterocycles. The van der Waals surface area contributed by atoms with Crippen molar-refractivity contribution in [3.8, 4) is 11.5 Å². The molecule has 0 spiro atoms. The zero-order valence-corrected chi connectivity index (χ0v) is 17.4. The van der Waals surface area contributed by atoms with Crippen molar-refractivity contribution in [2.45, 2.75) is 45.9 Å². The van der Waals surface area contributed by atoms with Crippen molar-refractivity contribution in [2.75, 3.05) is 13.2 Å². The summed E-state index contributed by atoms with van der Waals surface area (Å²) in [5, 5.41) is 5.69. The number of ether oxygens (including phenoxy) is 2. The van der Waals surface area contributed by atoms with Crippen molar-refractivity contribution in [2.24, 2.45) is 0 Å². The highest BCUT2D eigenvalue weighted by Crippen LogP contribution is 2.35. The van der Waals surface area contributed by atoms with Gasteiger partial charge in [-0.2, -0.15) is 0 Å². The van der Waals surface area contributed by atoms with Gasteiger partial charge in [0.1, 0.15) is 23.6 Å². The van der Waals surface area contributed by atoms with Crippen molar-refractivity contribution >= 4 is 17.5 Å². The Kier molecular flexibility index (Phi) is 6.81. The SMILES string of the molecule is CCOc1cc2c(cc1CNC(=O)C[NH2+][C@H](C)c1ccccc1Cl)O[C@H](C)C2. The lowest BCUT2D eigenvalue weighted by molar-refractivity contribution is -0.682. The Bertz CT molecular complexity index is 841. The molecule has 0 aliphatic carbocycles. The van der Waals surface area contributed by atoms with E-state index < -0.39 is 0 Å². The Balaban J connectivity index is 1.57. The summed E-state index contributed by atoms with van der Waals surface area (Å²) >= 11 is 6.23. The first kappa shape index (κ1) is 20.5. The van der Waals surface area contributed by atoms with Gasteiger partial charge >= 0.3 is 0 Å². The van der Waals surface area contributed by atoms with E-state index in [4.69, 9.17) is 21.1 Å². The Morgan fingerprint density at radius 1 is 1.39 bits per heavy atom. The fraction of sp³-hybridized carbons (Fsp3) is 0.409. The van der Waals surface area contributed by atoms with Gasteiger partial charge in [-0.1, -0.05) is 29.8 Å². The Morgan fingerprint density at radius 2 is 2.18 bits per heavy atom. The van der Waals surface area contributed by atoms with Gasteiger partial charge in [0, 0.05) is 34.7 Å². The fourth-order valence-corrected chi connectivity index (χ4v) is 3.74. The minimum atomic E-state index is -0.0314. The van der Waals surface area contributed by atoms with Crippen LogP contribution in [0.2, 0.25) is 5.02 Å². The summed E-state index contributed by atoms with van der Waals surface area (Å²) in [6.07, 6.45) is 1.06. The van der Waals surface area contributed by atoms with Crippen LogP contribution in [0.5, 0.6) is 11.5 Å². The quantitative estimate of drug-likeness (QED) is 0.712. The number of halogens is 1. The second-order valence-corrected chi connectivity index (χ2v) is 7.57. The molecule has 0 saturated carbocycles. The van der Waals surface area contributed by atoms with Crippen LogP contribution in [0.3, 0.4) is 0 Å². The highest BCUT2D eigenvalue weighted by molar-refractivity contribution is 6.31. The maximum atomic E-state index is 12.3. The number of nitrogens with two attached hydrogens (primary N) is 1. The lowest BCUT2D eigenvalue weighted by Crippen LogP contribution is -2.87. The molecule has 0 aromatic heterocycles. The second-order valence-electron chi connectivity index (χ2n) is 7.16. The molecule has 3 N–H and O–H groups in total. The van der Waals surface area contributed by atoms with Gasteiger partial charge in [-0.25, -0.2) is 0 Å². The van der Waals surface area contributed by atoms with E-state index in [0.29, 0.717) is 19.7 Å². The highest BCUT2D eigenvalue weighted by atomic mass is 35.5. The van der Waals surface area contributed by atoms with E-state index in [2.05, 4.69) is 12.2 Å². The molecule has 2 aromatic carbocycles. The van der Waals surface area contributed by atoms with Gasteiger partial charge in [0.2, 0.25) is 0 Å². The first-order valence-electron chi connectivity index (χ1n) is 9.77. The zero-order chi connectivity index (χ0) is 20.1. The number of hydrogen-bond donors (Lipinski definition) is 2. The predicted octanol–water partition coefficient (Wildman–Crippen LogP) is 3.00. The summed E-state index contributed by atoms with van der Waals surface area (Å²) in [4.78, 5) is 12.3. The number of amides is 1. The molecular formula is C22H28ClN2O3+. The minimum absolute atomic E-state index is 0.0314. The van der Waals surface area contributed by atoms with Gasteiger partial charge in [-0.05, 0) is 39.0 Å². The van der Waals surface area contributed by atoms with E-state index in [1.54, 1.807) is 0 Å². The maximum Gasteiger partial charge on any atom is 0.275 e. The van der Waals surface area contributed by atoms with Gasteiger partial charge < -0.3 is 20.1 Å². The van der Waals surface area contributed by atoms with E-state index in [1.807, 2.05) is 55.6 Å². The number of carbonyl (C=O) groups is 1. The summed E-state index contributed by atoms with van der Waals surface area (Å²) in [7, 11) is 0. The first-order valence-corrected chi connectivity index (χ1v) is 10.2. The van der Waals surface area contributed by atoms with Crippen LogP contribution in [0.15, 0.2) is 36.4 Å². The maximum absolute atomic E-state index is 12.3. The third-order valence-corrected chi connectivity index (χ3v) is 5.25. The summed E-state index contributed by atoms with van der Waals surface area (Å²) in [5.74, 6) is 1.67. The van der Waals surface area contributed by atoms with Gasteiger partial charge in [0.05, 0.1) is 6.61 Å². The van der Waals surface area contributed by atoms with Crippen LogP contribution in [0.4, 0.5) is 0 Å². The van der Waals surface area contributed by atoms with Crippen molar-refractivity contribution in [1.82, 2.24) is 5.32 Å². The van der Waals surface area contributed by atoms with Crippen LogP contribution in [-0.2, 0) is 17.8 Å². The number of fused-ring (bicyclic) bond motifs is 1. The summed E-state index contributed by atoms with van der Waals surface area (Å²) in [6.45, 7) is 7.37. The molecule has 1 aliphatic rings. The van der Waals surface area contributed by atoms with Crippen LogP contribution in [0, 0.1) is 0 Å². The number of benzene rings is 2. The molecule has 5 nitrogen and oxygen atoms in total. The average molecular weight is 404 g/mol. The minimum Gasteiger partial charge on any atom is -0.494 e. The molecule has 0 bridgehead atoms. The lowest BCUT2D eigenvalue weighted by Gasteiger charge is -2.14. The van der Waals surface area contributed by atoms with E-state index in [-0.39, 0.29) is 18.1 Å². The summed E-state index contributed by atoms with van der Waals surface area (Å²) < 4.78 is 11.6. The van der Waals surface area contributed by atoms with E-state index in [1.165, 1.54) is 0 Å². The fourth-order valence-electron chi connectivity index (χ4n) is 3.43. The third-order valence-electron chi connectivity index (χ3n) is 4.91. The van der Waals surface area contributed by atoms with Crippen LogP contribution >= 0.6 is 11.6 Å². The van der Waals surface area contributed by atoms with Crippen LogP contribution in [0.25, 0.3) is 0 Å². The van der Waals surface area contributed by atoms with Gasteiger partial charge in [-0.15, -0.1) is 0 Å². The average Bonchev–Trinajstić information content (AvgIpc) is 3.03. The molecule has 2 aromatic rings. The third kappa shape index (κ3) is 4.97. The highest BCUT2D eigenvalue weighted by Gasteiger charge is 2.22. The van der Waals surface area contributed by atoms with E-state index >= 15 is 0 Å². The topological polar surface area (TPSA) is 64.2 Å². The van der Waals surface area contributed by atoms with Crippen LogP contribution in [0.1, 0.15) is 43.5 Å². The first-order chi connectivity index (χ1) is 13.5. The van der Waals surface area contributed by atoms with Crippen molar-refractivity contribution in [3.63, 3.8) is 0 Å². The number of nitrogens with one attached hydrogen (secondary N) is 1. The summed E-state index contributed by atoms with van der Waals surface area (Å²) in [6, 6.07) is 11.8. The molecule has 150 valence electrons. The second kappa shape index (κ2) is 9.30. The molecule has 0 unspecified atom stereocenters. The number of carbonyl (C=O) groups excluding carboxylic acids is 1. The van der Waals surface area contributed by atoms with Crippen molar-refractivity contribution < 1.29 is 19.6 Å². The zero-order valence-electron chi connectivity index (χ0n) is 16.6. The van der Waals surface area contributed by atoms with E-state index in [9.17, 15) is 4.79 Å². The summed E-state index contributed by atoms with van der Waals surface area (Å²) in [5.41, 5.74) is 3.12. The Morgan fingerprint density at radius 3 is 2.93 bits per heavy atom. The molecule has 1 aliphatic heterocycles. The predicted molar refractivity (Wildman–Crippen MR) is 110 cm³/mol. The molecule has 0 fully saturated rings. The van der Waals surface area contributed by atoms with Crippen molar-refractivity contribution in [3.05, 3.63) is 58.1 Å². The monoisotopic (exact) mass is 403 g/mol. The van der Waals surface area contributed by atoms with Crippen molar-refractivity contribution in [1.29, 1.82) is 0 Å². The van der Waals surface area contributed by atoms with Crippen LogP contribution < -0.4 is 20.1 Å². The Hall–Kier alpha value is -2.24. The molecule has 2 atom stereocenters. The van der Waals surface area contributed by atoms with Gasteiger partial charge in [0.15, 0.2) is 6.54 Å².